The fourth-order valence-electron chi connectivity index (χ4n) is 4.63. The molecule has 1 saturated carbocycles. The molecular formula is C25H26F6N2O3S. The maximum absolute atomic E-state index is 13.3. The van der Waals surface area contributed by atoms with Crippen molar-refractivity contribution < 1.29 is 39.5 Å². The molecule has 37 heavy (non-hydrogen) atoms. The van der Waals surface area contributed by atoms with Crippen molar-refractivity contribution in [1.29, 1.82) is 0 Å². The Kier molecular flexibility index (Phi) is 8.03. The molecule has 0 unspecified atom stereocenters. The van der Waals surface area contributed by atoms with Crippen molar-refractivity contribution in [3.05, 3.63) is 82.2 Å². The number of hydrogen-bond donors (Lipinski definition) is 1. The SMILES string of the molecule is [C-]#[N+]C1(NS(C)(=O)=O)CCC(CO[C@H](C)c2cc(C(F)(F)F)cc(C(F)(F)F)c2)(c2ccccc2)CC1. The van der Waals surface area contributed by atoms with Crippen LogP contribution >= 0.6 is 0 Å². The van der Waals surface area contributed by atoms with Crippen LogP contribution in [-0.2, 0) is 32.5 Å². The van der Waals surface area contributed by atoms with Crippen molar-refractivity contribution in [2.45, 2.75) is 62.1 Å². The maximum Gasteiger partial charge on any atom is 0.416 e. The van der Waals surface area contributed by atoms with Crippen molar-refractivity contribution in [2.24, 2.45) is 0 Å². The number of rotatable bonds is 7. The van der Waals surface area contributed by atoms with E-state index in [1.165, 1.54) is 6.92 Å². The molecule has 12 heteroatoms. The Balaban J connectivity index is 1.90. The quantitative estimate of drug-likeness (QED) is 0.318. The highest BCUT2D eigenvalue weighted by Crippen LogP contribution is 2.45. The van der Waals surface area contributed by atoms with E-state index in [0.717, 1.165) is 11.8 Å². The van der Waals surface area contributed by atoms with E-state index < -0.39 is 50.7 Å². The van der Waals surface area contributed by atoms with Gasteiger partial charge in [0.05, 0.1) is 30.1 Å². The van der Waals surface area contributed by atoms with Crippen LogP contribution in [0, 0.1) is 6.57 Å². The van der Waals surface area contributed by atoms with Gasteiger partial charge in [0.2, 0.25) is 10.0 Å². The van der Waals surface area contributed by atoms with E-state index in [4.69, 9.17) is 11.3 Å². The van der Waals surface area contributed by atoms with Gasteiger partial charge in [0.1, 0.15) is 0 Å². The van der Waals surface area contributed by atoms with Crippen LogP contribution < -0.4 is 4.72 Å². The van der Waals surface area contributed by atoms with Crippen molar-refractivity contribution in [3.63, 3.8) is 0 Å². The second-order valence-corrected chi connectivity index (χ2v) is 11.2. The summed E-state index contributed by atoms with van der Waals surface area (Å²) in [4.78, 5) is 3.54. The van der Waals surface area contributed by atoms with Crippen LogP contribution in [0.2, 0.25) is 0 Å². The molecule has 2 aromatic rings. The Bertz CT molecular complexity index is 1210. The number of sulfonamides is 1. The molecule has 0 radical (unpaired) electrons. The topological polar surface area (TPSA) is 59.8 Å². The molecule has 202 valence electrons. The minimum Gasteiger partial charge on any atom is -0.373 e. The fourth-order valence-corrected chi connectivity index (χ4v) is 5.57. The zero-order chi connectivity index (χ0) is 27.7. The third-order valence-corrected chi connectivity index (χ3v) is 7.45. The second kappa shape index (κ2) is 10.3. The van der Waals surface area contributed by atoms with Crippen molar-refractivity contribution >= 4 is 10.0 Å². The van der Waals surface area contributed by atoms with Gasteiger partial charge in [-0.2, -0.15) is 26.3 Å². The summed E-state index contributed by atoms with van der Waals surface area (Å²) >= 11 is 0. The van der Waals surface area contributed by atoms with Gasteiger partial charge in [-0.15, -0.1) is 4.72 Å². The van der Waals surface area contributed by atoms with Gasteiger partial charge in [-0.25, -0.2) is 15.0 Å². The Hall–Kier alpha value is -2.62. The predicted molar refractivity (Wildman–Crippen MR) is 125 cm³/mol. The van der Waals surface area contributed by atoms with Crippen LogP contribution in [0.25, 0.3) is 4.85 Å². The lowest BCUT2D eigenvalue weighted by molar-refractivity contribution is -0.143. The van der Waals surface area contributed by atoms with E-state index in [2.05, 4.69) is 9.57 Å². The monoisotopic (exact) mass is 548 g/mol. The highest BCUT2D eigenvalue weighted by molar-refractivity contribution is 7.88. The number of nitrogens with one attached hydrogen (secondary N) is 1. The average molecular weight is 549 g/mol. The molecule has 1 atom stereocenters. The molecule has 0 saturated heterocycles. The molecular weight excluding hydrogens is 522 g/mol. The first-order valence-corrected chi connectivity index (χ1v) is 13.2. The number of halogens is 6. The first kappa shape index (κ1) is 28.9. The van der Waals surface area contributed by atoms with E-state index in [0.29, 0.717) is 25.0 Å². The Morgan fingerprint density at radius 3 is 1.92 bits per heavy atom. The standard InChI is InChI=1S/C25H26F6N2O3S/c1-17(18-13-20(24(26,27)28)15-21(14-18)25(29,30)31)36-16-22(19-7-5-4-6-8-19)9-11-23(32-2,12-10-22)33-37(3,34)35/h4-8,13-15,17,33H,9-12,16H2,1,3H3/t17-,22?,23?/m1/s1. The van der Waals surface area contributed by atoms with Gasteiger partial charge in [-0.3, -0.25) is 4.85 Å². The number of benzene rings is 2. The van der Waals surface area contributed by atoms with Crippen molar-refractivity contribution in [1.82, 2.24) is 4.72 Å². The Labute approximate surface area is 211 Å². The van der Waals surface area contributed by atoms with Gasteiger partial charge < -0.3 is 4.74 Å². The minimum absolute atomic E-state index is 0.0528. The van der Waals surface area contributed by atoms with Gasteiger partial charge in [-0.05, 0) is 49.1 Å². The predicted octanol–water partition coefficient (Wildman–Crippen LogP) is 6.48. The number of hydrogen-bond acceptors (Lipinski definition) is 3. The summed E-state index contributed by atoms with van der Waals surface area (Å²) in [5.41, 5.74) is -4.35. The molecule has 1 aliphatic rings. The number of nitrogens with zero attached hydrogens (tertiary/aromatic N) is 1. The van der Waals surface area contributed by atoms with Gasteiger partial charge in [0, 0.05) is 18.3 Å². The molecule has 0 aromatic heterocycles. The molecule has 3 rings (SSSR count). The molecule has 2 aromatic carbocycles. The molecule has 5 nitrogen and oxygen atoms in total. The molecule has 1 fully saturated rings. The second-order valence-electron chi connectivity index (χ2n) is 9.46. The summed E-state index contributed by atoms with van der Waals surface area (Å²) in [5.74, 6) is 0. The summed E-state index contributed by atoms with van der Waals surface area (Å²) in [6, 6.07) is 10.4. The lowest BCUT2D eigenvalue weighted by Crippen LogP contribution is -2.51. The van der Waals surface area contributed by atoms with E-state index >= 15 is 0 Å². The third kappa shape index (κ3) is 7.03. The van der Waals surface area contributed by atoms with Crippen LogP contribution in [-0.4, -0.2) is 26.9 Å². The summed E-state index contributed by atoms with van der Waals surface area (Å²) in [5, 5.41) is 0. The molecule has 0 heterocycles. The van der Waals surface area contributed by atoms with Crippen LogP contribution in [0.3, 0.4) is 0 Å². The van der Waals surface area contributed by atoms with Crippen molar-refractivity contribution in [3.8, 4) is 0 Å². The van der Waals surface area contributed by atoms with Gasteiger partial charge in [0.15, 0.2) is 0 Å². The van der Waals surface area contributed by atoms with Crippen LogP contribution in [0.1, 0.15) is 61.0 Å². The summed E-state index contributed by atoms with van der Waals surface area (Å²) < 4.78 is 112. The maximum atomic E-state index is 13.3. The minimum atomic E-state index is -4.97. The van der Waals surface area contributed by atoms with Crippen LogP contribution in [0.4, 0.5) is 26.3 Å². The highest BCUT2D eigenvalue weighted by Gasteiger charge is 2.50. The third-order valence-electron chi connectivity index (χ3n) is 6.70. The molecule has 0 amide bonds. The lowest BCUT2D eigenvalue weighted by atomic mass is 9.67. The molecule has 1 aliphatic carbocycles. The smallest absolute Gasteiger partial charge is 0.373 e. The molecule has 1 N–H and O–H groups in total. The van der Waals surface area contributed by atoms with E-state index in [9.17, 15) is 34.8 Å². The van der Waals surface area contributed by atoms with Crippen LogP contribution in [0.5, 0.6) is 0 Å². The molecule has 0 bridgehead atoms. The summed E-state index contributed by atoms with van der Waals surface area (Å²) in [6.07, 6.45) is -9.16. The number of alkyl halides is 6. The van der Waals surface area contributed by atoms with Gasteiger partial charge >= 0.3 is 12.4 Å². The van der Waals surface area contributed by atoms with Crippen molar-refractivity contribution in [2.75, 3.05) is 12.9 Å². The number of ether oxygens (including phenoxy) is 1. The fraction of sp³-hybridized carbons (Fsp3) is 0.480. The molecule has 0 spiro atoms. The normalized spacial score (nSPS) is 23.9. The van der Waals surface area contributed by atoms with Gasteiger partial charge in [-0.1, -0.05) is 30.3 Å². The van der Waals surface area contributed by atoms with Gasteiger partial charge in [0.25, 0.3) is 5.66 Å². The van der Waals surface area contributed by atoms with E-state index in [-0.39, 0.29) is 31.1 Å². The lowest BCUT2D eigenvalue weighted by Gasteiger charge is -2.41. The summed E-state index contributed by atoms with van der Waals surface area (Å²) in [7, 11) is -3.67. The Morgan fingerprint density at radius 2 is 1.49 bits per heavy atom. The Morgan fingerprint density at radius 1 is 0.973 bits per heavy atom. The average Bonchev–Trinajstić information content (AvgIpc) is 2.82. The summed E-state index contributed by atoms with van der Waals surface area (Å²) in [6.45, 7) is 8.89. The zero-order valence-electron chi connectivity index (χ0n) is 20.1. The first-order chi connectivity index (χ1) is 17.0. The van der Waals surface area contributed by atoms with E-state index in [1.807, 2.05) is 12.1 Å². The first-order valence-electron chi connectivity index (χ1n) is 11.3. The van der Waals surface area contributed by atoms with Crippen LogP contribution in [0.15, 0.2) is 48.5 Å². The zero-order valence-corrected chi connectivity index (χ0v) is 20.9. The molecule has 0 aliphatic heterocycles. The van der Waals surface area contributed by atoms with E-state index in [1.54, 1.807) is 18.2 Å². The largest absolute Gasteiger partial charge is 0.416 e. The highest BCUT2D eigenvalue weighted by atomic mass is 32.2.